The van der Waals surface area contributed by atoms with Crippen molar-refractivity contribution in [3.8, 4) is 5.75 Å². The maximum Gasteiger partial charge on any atom is 0.254 e. The number of carbonyl (C=O) groups is 1. The summed E-state index contributed by atoms with van der Waals surface area (Å²) in [5, 5.41) is 9.75. The van der Waals surface area contributed by atoms with Gasteiger partial charge in [0.15, 0.2) is 0 Å². The van der Waals surface area contributed by atoms with Crippen molar-refractivity contribution in [2.75, 3.05) is 39.3 Å². The van der Waals surface area contributed by atoms with E-state index in [4.69, 9.17) is 5.73 Å². The van der Waals surface area contributed by atoms with Crippen LogP contribution in [0.15, 0.2) is 18.2 Å². The van der Waals surface area contributed by atoms with Crippen LogP contribution in [0.3, 0.4) is 0 Å². The summed E-state index contributed by atoms with van der Waals surface area (Å²) >= 11 is 0. The highest BCUT2D eigenvalue weighted by Gasteiger charge is 2.21. The largest absolute Gasteiger partial charge is 0.508 e. The Bertz CT molecular complexity index is 490. The summed E-state index contributed by atoms with van der Waals surface area (Å²) in [5.41, 5.74) is 6.81. The molecule has 1 aliphatic rings. The molecule has 0 radical (unpaired) electrons. The molecule has 1 aromatic rings. The normalized spacial score (nSPS) is 16.8. The van der Waals surface area contributed by atoms with Gasteiger partial charge in [-0.15, -0.1) is 0 Å². The summed E-state index contributed by atoms with van der Waals surface area (Å²) in [7, 11) is 0. The second-order valence-corrected chi connectivity index (χ2v) is 5.58. The second kappa shape index (κ2) is 7.43. The molecule has 1 fully saturated rings. The molecule has 21 heavy (non-hydrogen) atoms. The van der Waals surface area contributed by atoms with Crippen LogP contribution in [-0.4, -0.2) is 60.1 Å². The van der Waals surface area contributed by atoms with Crippen LogP contribution in [0.1, 0.15) is 28.8 Å². The molecule has 0 unspecified atom stereocenters. The first-order valence-corrected chi connectivity index (χ1v) is 7.63. The van der Waals surface area contributed by atoms with Gasteiger partial charge in [0.05, 0.1) is 0 Å². The lowest BCUT2D eigenvalue weighted by molar-refractivity contribution is 0.0760. The zero-order valence-electron chi connectivity index (χ0n) is 12.7. The summed E-state index contributed by atoms with van der Waals surface area (Å²) in [5.74, 6) is 0.198. The van der Waals surface area contributed by atoms with Crippen LogP contribution in [0, 0.1) is 6.92 Å². The monoisotopic (exact) mass is 291 g/mol. The van der Waals surface area contributed by atoms with E-state index in [1.165, 1.54) is 0 Å². The Kier molecular flexibility index (Phi) is 5.59. The number of phenolic OH excluding ortho intramolecular Hbond substituents is 1. The van der Waals surface area contributed by atoms with Crippen LogP contribution in [0.2, 0.25) is 0 Å². The van der Waals surface area contributed by atoms with Crippen molar-refractivity contribution < 1.29 is 9.90 Å². The van der Waals surface area contributed by atoms with Crippen molar-refractivity contribution in [3.05, 3.63) is 29.3 Å². The van der Waals surface area contributed by atoms with Crippen LogP contribution in [-0.2, 0) is 0 Å². The molecule has 0 aromatic heterocycles. The molecular formula is C16H25N3O2. The molecule has 0 bridgehead atoms. The first-order chi connectivity index (χ1) is 10.1. The minimum Gasteiger partial charge on any atom is -0.508 e. The maximum atomic E-state index is 12.6. The molecular weight excluding hydrogens is 266 g/mol. The fourth-order valence-electron chi connectivity index (χ4n) is 2.74. The average molecular weight is 291 g/mol. The van der Waals surface area contributed by atoms with Crippen molar-refractivity contribution in [1.82, 2.24) is 9.80 Å². The minimum atomic E-state index is 0.0177. The van der Waals surface area contributed by atoms with Crippen molar-refractivity contribution >= 4 is 5.91 Å². The number of benzene rings is 1. The van der Waals surface area contributed by atoms with Gasteiger partial charge in [-0.1, -0.05) is 6.07 Å². The average Bonchev–Trinajstić information content (AvgIpc) is 2.73. The number of nitrogens with two attached hydrogens (primary N) is 1. The molecule has 0 aliphatic carbocycles. The van der Waals surface area contributed by atoms with E-state index in [9.17, 15) is 9.90 Å². The van der Waals surface area contributed by atoms with Gasteiger partial charge in [0.25, 0.3) is 5.91 Å². The molecule has 5 heteroatoms. The Morgan fingerprint density at radius 2 is 2.10 bits per heavy atom. The Morgan fingerprint density at radius 3 is 2.86 bits per heavy atom. The molecule has 1 saturated heterocycles. The van der Waals surface area contributed by atoms with Gasteiger partial charge >= 0.3 is 0 Å². The standard InChI is InChI=1S/C16H25N3O2/c1-13-14(5-2-6-15(13)20)16(21)19-10-4-9-18(11-12-19)8-3-7-17/h2,5-6,20H,3-4,7-12,17H2,1H3. The number of rotatable bonds is 4. The third-order valence-corrected chi connectivity index (χ3v) is 4.09. The van der Waals surface area contributed by atoms with Crippen molar-refractivity contribution in [3.63, 3.8) is 0 Å². The van der Waals surface area contributed by atoms with E-state index in [0.717, 1.165) is 45.6 Å². The van der Waals surface area contributed by atoms with Crippen LogP contribution in [0.4, 0.5) is 0 Å². The maximum absolute atomic E-state index is 12.6. The van der Waals surface area contributed by atoms with Crippen molar-refractivity contribution in [1.29, 1.82) is 0 Å². The fourth-order valence-corrected chi connectivity index (χ4v) is 2.74. The molecule has 0 spiro atoms. The summed E-state index contributed by atoms with van der Waals surface area (Å²) in [4.78, 5) is 16.9. The Balaban J connectivity index is 2.01. The van der Waals surface area contributed by atoms with E-state index in [0.29, 0.717) is 17.7 Å². The van der Waals surface area contributed by atoms with Crippen LogP contribution < -0.4 is 5.73 Å². The summed E-state index contributed by atoms with van der Waals surface area (Å²) in [6.07, 6.45) is 1.98. The van der Waals surface area contributed by atoms with Gasteiger partial charge in [-0.3, -0.25) is 4.79 Å². The summed E-state index contributed by atoms with van der Waals surface area (Å²) in [6, 6.07) is 5.12. The first-order valence-electron chi connectivity index (χ1n) is 7.63. The lowest BCUT2D eigenvalue weighted by Crippen LogP contribution is -2.36. The highest BCUT2D eigenvalue weighted by atomic mass is 16.3. The van der Waals surface area contributed by atoms with E-state index in [2.05, 4.69) is 4.90 Å². The van der Waals surface area contributed by atoms with Gasteiger partial charge in [-0.2, -0.15) is 0 Å². The summed E-state index contributed by atoms with van der Waals surface area (Å²) < 4.78 is 0. The second-order valence-electron chi connectivity index (χ2n) is 5.58. The Morgan fingerprint density at radius 1 is 1.29 bits per heavy atom. The zero-order valence-corrected chi connectivity index (χ0v) is 12.7. The summed E-state index contributed by atoms with van der Waals surface area (Å²) in [6.45, 7) is 6.91. The smallest absolute Gasteiger partial charge is 0.254 e. The lowest BCUT2D eigenvalue weighted by Gasteiger charge is -2.22. The van der Waals surface area contributed by atoms with E-state index in [-0.39, 0.29) is 11.7 Å². The van der Waals surface area contributed by atoms with Crippen LogP contribution >= 0.6 is 0 Å². The first kappa shape index (κ1) is 15.8. The van der Waals surface area contributed by atoms with Gasteiger partial charge in [-0.25, -0.2) is 0 Å². The van der Waals surface area contributed by atoms with Crippen LogP contribution in [0.5, 0.6) is 5.75 Å². The van der Waals surface area contributed by atoms with Crippen LogP contribution in [0.25, 0.3) is 0 Å². The molecule has 5 nitrogen and oxygen atoms in total. The lowest BCUT2D eigenvalue weighted by atomic mass is 10.1. The van der Waals surface area contributed by atoms with Gasteiger partial charge < -0.3 is 20.6 Å². The third kappa shape index (κ3) is 3.95. The molecule has 0 saturated carbocycles. The van der Waals surface area contributed by atoms with Gasteiger partial charge in [0.1, 0.15) is 5.75 Å². The molecule has 1 aromatic carbocycles. The molecule has 2 rings (SSSR count). The fraction of sp³-hybridized carbons (Fsp3) is 0.562. The van der Waals surface area contributed by atoms with E-state index in [1.54, 1.807) is 25.1 Å². The van der Waals surface area contributed by atoms with E-state index in [1.807, 2.05) is 4.90 Å². The zero-order chi connectivity index (χ0) is 15.2. The number of hydrogen-bond donors (Lipinski definition) is 2. The molecule has 0 atom stereocenters. The number of nitrogens with zero attached hydrogens (tertiary/aromatic N) is 2. The minimum absolute atomic E-state index is 0.0177. The number of phenols is 1. The highest BCUT2D eigenvalue weighted by molar-refractivity contribution is 5.96. The number of amides is 1. The number of hydrogen-bond acceptors (Lipinski definition) is 4. The van der Waals surface area contributed by atoms with Crippen molar-refractivity contribution in [2.24, 2.45) is 5.73 Å². The van der Waals surface area contributed by atoms with Gasteiger partial charge in [0.2, 0.25) is 0 Å². The molecule has 1 heterocycles. The third-order valence-electron chi connectivity index (χ3n) is 4.09. The quantitative estimate of drug-likeness (QED) is 0.874. The molecule has 3 N–H and O–H groups in total. The molecule has 1 aliphatic heterocycles. The van der Waals surface area contributed by atoms with E-state index < -0.39 is 0 Å². The SMILES string of the molecule is Cc1c(O)cccc1C(=O)N1CCCN(CCCN)CC1. The molecule has 116 valence electrons. The Hall–Kier alpha value is -1.59. The number of aromatic hydroxyl groups is 1. The van der Waals surface area contributed by atoms with Gasteiger partial charge in [0, 0.05) is 30.8 Å². The predicted octanol–water partition coefficient (Wildman–Crippen LogP) is 1.20. The topological polar surface area (TPSA) is 69.8 Å². The highest BCUT2D eigenvalue weighted by Crippen LogP contribution is 2.21. The van der Waals surface area contributed by atoms with E-state index >= 15 is 0 Å². The number of carbonyl (C=O) groups excluding carboxylic acids is 1. The van der Waals surface area contributed by atoms with Gasteiger partial charge in [-0.05, 0) is 51.5 Å². The van der Waals surface area contributed by atoms with Crippen molar-refractivity contribution in [2.45, 2.75) is 19.8 Å². The Labute approximate surface area is 126 Å². The predicted molar refractivity (Wildman–Crippen MR) is 83.5 cm³/mol. The molecule has 1 amide bonds.